The van der Waals surface area contributed by atoms with Crippen molar-refractivity contribution in [1.82, 2.24) is 4.98 Å². The molecule has 0 aliphatic carbocycles. The summed E-state index contributed by atoms with van der Waals surface area (Å²) in [5, 5.41) is 9.79. The van der Waals surface area contributed by atoms with Crippen molar-refractivity contribution in [2.24, 2.45) is 0 Å². The van der Waals surface area contributed by atoms with Crippen LogP contribution in [0.2, 0.25) is 0 Å². The van der Waals surface area contributed by atoms with Gasteiger partial charge in [0.15, 0.2) is 0 Å². The van der Waals surface area contributed by atoms with Gasteiger partial charge in [-0.1, -0.05) is 0 Å². The molecule has 0 saturated heterocycles. The van der Waals surface area contributed by atoms with E-state index in [1.54, 1.807) is 12.3 Å². The smallest absolute Gasteiger partial charge is 0.147 e. The number of furan rings is 1. The number of aliphatic hydroxyl groups excluding tert-OH is 1. The van der Waals surface area contributed by atoms with E-state index in [-0.39, 0.29) is 5.56 Å². The van der Waals surface area contributed by atoms with E-state index in [1.807, 2.05) is 6.07 Å². The molecule has 0 aromatic carbocycles. The Labute approximate surface area is 92.6 Å². The fourth-order valence-corrected chi connectivity index (χ4v) is 1.55. The number of aryl methyl sites for hydroxylation is 1. The average molecular weight is 221 g/mol. The van der Waals surface area contributed by atoms with Crippen LogP contribution in [0.4, 0.5) is 4.39 Å². The van der Waals surface area contributed by atoms with Gasteiger partial charge < -0.3 is 9.52 Å². The zero-order valence-electron chi connectivity index (χ0n) is 8.64. The van der Waals surface area contributed by atoms with Crippen LogP contribution >= 0.6 is 0 Å². The number of hydrogen-bond acceptors (Lipinski definition) is 3. The zero-order valence-corrected chi connectivity index (χ0v) is 8.64. The van der Waals surface area contributed by atoms with Gasteiger partial charge in [-0.15, -0.1) is 0 Å². The first-order chi connectivity index (χ1) is 7.77. The number of pyridine rings is 1. The quantitative estimate of drug-likeness (QED) is 0.862. The molecule has 84 valence electrons. The molecular formula is C12H12FNO2. The van der Waals surface area contributed by atoms with Crippen LogP contribution in [0.25, 0.3) is 0 Å². The fraction of sp³-hybridized carbons (Fsp3) is 0.250. The molecule has 1 N–H and O–H groups in total. The van der Waals surface area contributed by atoms with E-state index in [1.165, 1.54) is 12.3 Å². The van der Waals surface area contributed by atoms with Crippen LogP contribution in [0.3, 0.4) is 0 Å². The molecule has 2 aromatic rings. The van der Waals surface area contributed by atoms with Gasteiger partial charge in [0, 0.05) is 18.2 Å². The van der Waals surface area contributed by atoms with Crippen molar-refractivity contribution in [3.63, 3.8) is 0 Å². The van der Waals surface area contributed by atoms with Crippen molar-refractivity contribution in [1.29, 1.82) is 0 Å². The van der Waals surface area contributed by atoms with Crippen molar-refractivity contribution in [3.05, 3.63) is 54.0 Å². The molecular weight excluding hydrogens is 209 g/mol. The second-order valence-corrected chi connectivity index (χ2v) is 3.53. The first-order valence-electron chi connectivity index (χ1n) is 5.07. The van der Waals surface area contributed by atoms with Crippen LogP contribution in [-0.2, 0) is 6.42 Å². The second kappa shape index (κ2) is 4.90. The van der Waals surface area contributed by atoms with Crippen LogP contribution in [0, 0.1) is 5.82 Å². The highest BCUT2D eigenvalue weighted by Crippen LogP contribution is 2.20. The number of hydrogen-bond donors (Lipinski definition) is 1. The van der Waals surface area contributed by atoms with Crippen LogP contribution in [0.5, 0.6) is 0 Å². The first-order valence-corrected chi connectivity index (χ1v) is 5.07. The van der Waals surface area contributed by atoms with E-state index in [0.717, 1.165) is 12.0 Å². The highest BCUT2D eigenvalue weighted by atomic mass is 19.1. The minimum absolute atomic E-state index is 0.279. The molecule has 0 aliphatic rings. The van der Waals surface area contributed by atoms with Gasteiger partial charge in [0.05, 0.1) is 18.6 Å². The fourth-order valence-electron chi connectivity index (χ4n) is 1.55. The predicted octanol–water partition coefficient (Wildman–Crippen LogP) is 2.48. The zero-order chi connectivity index (χ0) is 11.4. The highest BCUT2D eigenvalue weighted by molar-refractivity contribution is 5.15. The van der Waals surface area contributed by atoms with E-state index in [2.05, 4.69) is 4.98 Å². The van der Waals surface area contributed by atoms with Gasteiger partial charge >= 0.3 is 0 Å². The Morgan fingerprint density at radius 2 is 2.31 bits per heavy atom. The monoisotopic (exact) mass is 221 g/mol. The lowest BCUT2D eigenvalue weighted by atomic mass is 10.1. The van der Waals surface area contributed by atoms with Gasteiger partial charge in [0.1, 0.15) is 11.6 Å². The standard InChI is InChI=1S/C12H12FNO2/c13-11-8-14-6-5-10(11)12(15)4-3-9-2-1-7-16-9/h1-2,5-8,12,15H,3-4H2. The summed E-state index contributed by atoms with van der Waals surface area (Å²) < 4.78 is 18.4. The lowest BCUT2D eigenvalue weighted by Gasteiger charge is -2.10. The average Bonchev–Trinajstić information content (AvgIpc) is 2.79. The van der Waals surface area contributed by atoms with E-state index in [4.69, 9.17) is 4.42 Å². The summed E-state index contributed by atoms with van der Waals surface area (Å²) in [6.45, 7) is 0. The van der Waals surface area contributed by atoms with Crippen molar-refractivity contribution in [2.75, 3.05) is 0 Å². The third-order valence-corrected chi connectivity index (χ3v) is 2.41. The topological polar surface area (TPSA) is 46.3 Å². The molecule has 2 aromatic heterocycles. The number of nitrogens with zero attached hydrogens (tertiary/aromatic N) is 1. The maximum atomic E-state index is 13.3. The molecule has 0 bridgehead atoms. The molecule has 1 atom stereocenters. The maximum absolute atomic E-state index is 13.3. The normalized spacial score (nSPS) is 12.6. The summed E-state index contributed by atoms with van der Waals surface area (Å²) in [6.07, 6.45) is 4.33. The third kappa shape index (κ3) is 2.46. The molecule has 2 rings (SSSR count). The molecule has 4 heteroatoms. The van der Waals surface area contributed by atoms with E-state index >= 15 is 0 Å². The summed E-state index contributed by atoms with van der Waals surface area (Å²) in [5.41, 5.74) is 0.279. The van der Waals surface area contributed by atoms with Gasteiger partial charge in [-0.25, -0.2) is 4.39 Å². The van der Waals surface area contributed by atoms with Crippen molar-refractivity contribution in [3.8, 4) is 0 Å². The van der Waals surface area contributed by atoms with Crippen molar-refractivity contribution in [2.45, 2.75) is 18.9 Å². The number of aromatic nitrogens is 1. The SMILES string of the molecule is OC(CCc1ccco1)c1ccncc1F. The van der Waals surface area contributed by atoms with Gasteiger partial charge in [-0.05, 0) is 24.6 Å². The maximum Gasteiger partial charge on any atom is 0.147 e. The van der Waals surface area contributed by atoms with Crippen LogP contribution in [0.1, 0.15) is 23.8 Å². The summed E-state index contributed by atoms with van der Waals surface area (Å²) in [5.74, 6) is 0.308. The largest absolute Gasteiger partial charge is 0.469 e. The minimum atomic E-state index is -0.826. The molecule has 0 aliphatic heterocycles. The van der Waals surface area contributed by atoms with Gasteiger partial charge in [-0.3, -0.25) is 4.98 Å². The third-order valence-electron chi connectivity index (χ3n) is 2.41. The van der Waals surface area contributed by atoms with Crippen molar-refractivity contribution >= 4 is 0 Å². The van der Waals surface area contributed by atoms with Crippen LogP contribution in [-0.4, -0.2) is 10.1 Å². The number of halogens is 1. The molecule has 3 nitrogen and oxygen atoms in total. The Morgan fingerprint density at radius 1 is 1.44 bits per heavy atom. The first kappa shape index (κ1) is 10.8. The summed E-state index contributed by atoms with van der Waals surface area (Å²) in [7, 11) is 0. The number of rotatable bonds is 4. The number of aliphatic hydroxyl groups is 1. The lowest BCUT2D eigenvalue weighted by Crippen LogP contribution is -2.02. The van der Waals surface area contributed by atoms with Gasteiger partial charge in [0.25, 0.3) is 0 Å². The Kier molecular flexibility index (Phi) is 3.31. The van der Waals surface area contributed by atoms with Crippen LogP contribution < -0.4 is 0 Å². The second-order valence-electron chi connectivity index (χ2n) is 3.53. The lowest BCUT2D eigenvalue weighted by molar-refractivity contribution is 0.160. The van der Waals surface area contributed by atoms with Crippen molar-refractivity contribution < 1.29 is 13.9 Å². The minimum Gasteiger partial charge on any atom is -0.469 e. The molecule has 16 heavy (non-hydrogen) atoms. The van der Waals surface area contributed by atoms with Gasteiger partial charge in [0.2, 0.25) is 0 Å². The molecule has 0 fully saturated rings. The molecule has 2 heterocycles. The van der Waals surface area contributed by atoms with E-state index < -0.39 is 11.9 Å². The molecule has 0 radical (unpaired) electrons. The summed E-state index contributed by atoms with van der Waals surface area (Å²) in [4.78, 5) is 3.63. The Morgan fingerprint density at radius 3 is 3.00 bits per heavy atom. The molecule has 0 saturated carbocycles. The van der Waals surface area contributed by atoms with E-state index in [0.29, 0.717) is 12.8 Å². The Bertz CT molecular complexity index is 442. The highest BCUT2D eigenvalue weighted by Gasteiger charge is 2.12. The Hall–Kier alpha value is -1.68. The summed E-state index contributed by atoms with van der Waals surface area (Å²) in [6, 6.07) is 5.10. The molecule has 1 unspecified atom stereocenters. The molecule has 0 spiro atoms. The predicted molar refractivity (Wildman–Crippen MR) is 56.2 cm³/mol. The Balaban J connectivity index is 1.98. The summed E-state index contributed by atoms with van der Waals surface area (Å²) >= 11 is 0. The van der Waals surface area contributed by atoms with Crippen LogP contribution in [0.15, 0.2) is 41.3 Å². The van der Waals surface area contributed by atoms with Gasteiger partial charge in [-0.2, -0.15) is 0 Å². The molecule has 0 amide bonds. The van der Waals surface area contributed by atoms with E-state index in [9.17, 15) is 9.50 Å².